The third kappa shape index (κ3) is 3.61. The molecule has 0 saturated carbocycles. The van der Waals surface area contributed by atoms with Crippen molar-refractivity contribution >= 4 is 11.8 Å². The first-order valence-electron chi connectivity index (χ1n) is 7.13. The molecule has 2 N–H and O–H groups in total. The number of carbonyl (C=O) groups is 2. The molecule has 0 unspecified atom stereocenters. The average Bonchev–Trinajstić information content (AvgIpc) is 2.86. The summed E-state index contributed by atoms with van der Waals surface area (Å²) in [5.74, 6) is -0.642. The number of carbonyl (C=O) groups excluding carboxylic acids is 2. The number of likely N-dealkylation sites (tertiary alicyclic amines) is 1. The molecule has 5 nitrogen and oxygen atoms in total. The van der Waals surface area contributed by atoms with Crippen LogP contribution in [0.1, 0.15) is 11.1 Å². The number of primary amides is 1. The standard InChI is InChI=1S/C16H22N2O3/c1-11-5-3-4-6-12(11)7-15(19)18-8-13(10-21-2)14(9-18)16(17)20/h3-6,13-14H,7-10H2,1-2H3,(H2,17,20)/t13-,14+/m0/s1. The molecule has 0 radical (unpaired) electrons. The number of hydrogen-bond donors (Lipinski definition) is 1. The molecule has 1 aliphatic heterocycles. The minimum atomic E-state index is -0.358. The summed E-state index contributed by atoms with van der Waals surface area (Å²) in [4.78, 5) is 25.6. The fourth-order valence-electron chi connectivity index (χ4n) is 2.86. The van der Waals surface area contributed by atoms with Gasteiger partial charge in [-0.05, 0) is 18.1 Å². The van der Waals surface area contributed by atoms with Crippen LogP contribution in [0.5, 0.6) is 0 Å². The van der Waals surface area contributed by atoms with Crippen LogP contribution < -0.4 is 5.73 Å². The molecule has 2 amide bonds. The Morgan fingerprint density at radius 2 is 2.05 bits per heavy atom. The molecule has 0 aliphatic carbocycles. The quantitative estimate of drug-likeness (QED) is 0.869. The number of rotatable bonds is 5. The third-order valence-corrected chi connectivity index (χ3v) is 4.14. The van der Waals surface area contributed by atoms with E-state index < -0.39 is 0 Å². The molecule has 2 atom stereocenters. The van der Waals surface area contributed by atoms with E-state index in [4.69, 9.17) is 10.5 Å². The van der Waals surface area contributed by atoms with Crippen LogP contribution in [0.3, 0.4) is 0 Å². The van der Waals surface area contributed by atoms with Crippen LogP contribution in [0.2, 0.25) is 0 Å². The smallest absolute Gasteiger partial charge is 0.227 e. The largest absolute Gasteiger partial charge is 0.384 e. The molecule has 1 aromatic carbocycles. The van der Waals surface area contributed by atoms with Gasteiger partial charge >= 0.3 is 0 Å². The zero-order chi connectivity index (χ0) is 15.4. The Labute approximate surface area is 125 Å². The maximum Gasteiger partial charge on any atom is 0.227 e. The average molecular weight is 290 g/mol. The van der Waals surface area contributed by atoms with Gasteiger partial charge < -0.3 is 15.4 Å². The van der Waals surface area contributed by atoms with Crippen molar-refractivity contribution in [2.24, 2.45) is 17.6 Å². The lowest BCUT2D eigenvalue weighted by atomic mass is 9.96. The van der Waals surface area contributed by atoms with Crippen molar-refractivity contribution in [3.63, 3.8) is 0 Å². The topological polar surface area (TPSA) is 72.6 Å². The minimum Gasteiger partial charge on any atom is -0.384 e. The van der Waals surface area contributed by atoms with Crippen molar-refractivity contribution in [3.05, 3.63) is 35.4 Å². The van der Waals surface area contributed by atoms with Gasteiger partial charge in [-0.15, -0.1) is 0 Å². The zero-order valence-corrected chi connectivity index (χ0v) is 12.5. The summed E-state index contributed by atoms with van der Waals surface area (Å²) in [5.41, 5.74) is 7.55. The maximum absolute atomic E-state index is 12.4. The van der Waals surface area contributed by atoms with Crippen molar-refractivity contribution in [1.29, 1.82) is 0 Å². The van der Waals surface area contributed by atoms with E-state index in [9.17, 15) is 9.59 Å². The van der Waals surface area contributed by atoms with E-state index in [0.717, 1.165) is 11.1 Å². The lowest BCUT2D eigenvalue weighted by molar-refractivity contribution is -0.129. The lowest BCUT2D eigenvalue weighted by Gasteiger charge is -2.17. The number of ether oxygens (including phenoxy) is 1. The minimum absolute atomic E-state index is 0.00618. The van der Waals surface area contributed by atoms with Crippen LogP contribution >= 0.6 is 0 Å². The molecule has 1 saturated heterocycles. The van der Waals surface area contributed by atoms with E-state index in [-0.39, 0.29) is 23.7 Å². The molecule has 2 rings (SSSR count). The predicted octanol–water partition coefficient (Wildman–Crippen LogP) is 0.744. The van der Waals surface area contributed by atoms with Gasteiger partial charge in [-0.1, -0.05) is 24.3 Å². The Morgan fingerprint density at radius 3 is 2.67 bits per heavy atom. The van der Waals surface area contributed by atoms with Gasteiger partial charge in [0, 0.05) is 26.1 Å². The molecule has 0 aromatic heterocycles. The van der Waals surface area contributed by atoms with Crippen LogP contribution in [-0.4, -0.2) is 43.5 Å². The van der Waals surface area contributed by atoms with Crippen molar-refractivity contribution in [3.8, 4) is 0 Å². The van der Waals surface area contributed by atoms with Gasteiger partial charge in [-0.2, -0.15) is 0 Å². The first kappa shape index (κ1) is 15.5. The first-order chi connectivity index (χ1) is 10.0. The van der Waals surface area contributed by atoms with Crippen molar-refractivity contribution in [2.45, 2.75) is 13.3 Å². The van der Waals surface area contributed by atoms with E-state index in [0.29, 0.717) is 26.1 Å². The Morgan fingerprint density at radius 1 is 1.33 bits per heavy atom. The van der Waals surface area contributed by atoms with E-state index in [1.165, 1.54) is 0 Å². The van der Waals surface area contributed by atoms with Crippen LogP contribution in [0.15, 0.2) is 24.3 Å². The fraction of sp³-hybridized carbons (Fsp3) is 0.500. The monoisotopic (exact) mass is 290 g/mol. The molecular weight excluding hydrogens is 268 g/mol. The second-order valence-corrected chi connectivity index (χ2v) is 5.63. The number of methoxy groups -OCH3 is 1. The molecular formula is C16H22N2O3. The van der Waals surface area contributed by atoms with Crippen LogP contribution in [0, 0.1) is 18.8 Å². The SMILES string of the molecule is COC[C@@H]1CN(C(=O)Cc2ccccc2C)C[C@H]1C(N)=O. The number of nitrogens with zero attached hydrogens (tertiary/aromatic N) is 1. The van der Waals surface area contributed by atoms with E-state index in [2.05, 4.69) is 0 Å². The van der Waals surface area contributed by atoms with Crippen LogP contribution in [0.4, 0.5) is 0 Å². The highest BCUT2D eigenvalue weighted by Crippen LogP contribution is 2.24. The van der Waals surface area contributed by atoms with Crippen molar-refractivity contribution < 1.29 is 14.3 Å². The highest BCUT2D eigenvalue weighted by molar-refractivity contribution is 5.82. The highest BCUT2D eigenvalue weighted by atomic mass is 16.5. The Hall–Kier alpha value is -1.88. The molecule has 1 aromatic rings. The van der Waals surface area contributed by atoms with Gasteiger partial charge in [-0.3, -0.25) is 9.59 Å². The summed E-state index contributed by atoms with van der Waals surface area (Å²) in [6, 6.07) is 7.84. The molecule has 114 valence electrons. The zero-order valence-electron chi connectivity index (χ0n) is 12.5. The number of aryl methyl sites for hydroxylation is 1. The lowest BCUT2D eigenvalue weighted by Crippen LogP contribution is -2.33. The Balaban J connectivity index is 2.04. The Kier molecular flexibility index (Phi) is 4.96. The van der Waals surface area contributed by atoms with Crippen LogP contribution in [0.25, 0.3) is 0 Å². The van der Waals surface area contributed by atoms with Gasteiger partial charge in [0.2, 0.25) is 11.8 Å². The van der Waals surface area contributed by atoms with Crippen molar-refractivity contribution in [2.75, 3.05) is 26.8 Å². The molecule has 5 heteroatoms. The maximum atomic E-state index is 12.4. The van der Waals surface area contributed by atoms with E-state index in [1.807, 2.05) is 31.2 Å². The van der Waals surface area contributed by atoms with Gasteiger partial charge in [0.25, 0.3) is 0 Å². The number of amides is 2. The molecule has 21 heavy (non-hydrogen) atoms. The summed E-state index contributed by atoms with van der Waals surface area (Å²) in [6.07, 6.45) is 0.359. The number of benzene rings is 1. The van der Waals surface area contributed by atoms with Crippen molar-refractivity contribution in [1.82, 2.24) is 4.90 Å². The summed E-state index contributed by atoms with van der Waals surface area (Å²) < 4.78 is 5.13. The molecule has 1 aliphatic rings. The van der Waals surface area contributed by atoms with E-state index in [1.54, 1.807) is 12.0 Å². The van der Waals surface area contributed by atoms with Gasteiger partial charge in [0.15, 0.2) is 0 Å². The highest BCUT2D eigenvalue weighted by Gasteiger charge is 2.38. The molecule has 1 fully saturated rings. The van der Waals surface area contributed by atoms with E-state index >= 15 is 0 Å². The first-order valence-corrected chi connectivity index (χ1v) is 7.13. The normalized spacial score (nSPS) is 21.5. The second kappa shape index (κ2) is 6.72. The Bertz CT molecular complexity index is 530. The summed E-state index contributed by atoms with van der Waals surface area (Å²) in [5, 5.41) is 0. The fourth-order valence-corrected chi connectivity index (χ4v) is 2.86. The molecule has 1 heterocycles. The predicted molar refractivity (Wildman–Crippen MR) is 79.5 cm³/mol. The van der Waals surface area contributed by atoms with Crippen LogP contribution in [-0.2, 0) is 20.7 Å². The summed E-state index contributed by atoms with van der Waals surface area (Å²) in [6.45, 7) is 3.37. The summed E-state index contributed by atoms with van der Waals surface area (Å²) >= 11 is 0. The molecule has 0 spiro atoms. The number of nitrogens with two attached hydrogens (primary N) is 1. The third-order valence-electron chi connectivity index (χ3n) is 4.14. The molecule has 0 bridgehead atoms. The second-order valence-electron chi connectivity index (χ2n) is 5.63. The van der Waals surface area contributed by atoms with Gasteiger partial charge in [0.05, 0.1) is 18.9 Å². The summed E-state index contributed by atoms with van der Waals surface area (Å²) in [7, 11) is 1.59. The number of hydrogen-bond acceptors (Lipinski definition) is 3. The van der Waals surface area contributed by atoms with Gasteiger partial charge in [0.1, 0.15) is 0 Å². The van der Waals surface area contributed by atoms with Gasteiger partial charge in [-0.25, -0.2) is 0 Å².